The number of H-pyrrole nitrogens is 1. The van der Waals surface area contributed by atoms with Crippen molar-refractivity contribution in [1.29, 1.82) is 15.8 Å². The maximum absolute atomic E-state index is 13.2. The highest BCUT2D eigenvalue weighted by Crippen LogP contribution is 2.33. The molecule has 0 amide bonds. The summed E-state index contributed by atoms with van der Waals surface area (Å²) in [4.78, 5) is 48.5. The molecule has 404 valence electrons. The van der Waals surface area contributed by atoms with Crippen LogP contribution in [0, 0.1) is 61.7 Å². The van der Waals surface area contributed by atoms with Crippen molar-refractivity contribution in [3.63, 3.8) is 0 Å². The Kier molecular flexibility index (Phi) is 18.6. The maximum Gasteiger partial charge on any atom is 0.181 e. The van der Waals surface area contributed by atoms with Gasteiger partial charge in [0.1, 0.15) is 0 Å². The smallest absolute Gasteiger partial charge is 0.181 e. The second kappa shape index (κ2) is 25.9. The number of hydrogen-bond donors (Lipinski definition) is 1. The number of alkyl halides is 1. The Hall–Kier alpha value is -7.60. The van der Waals surface area contributed by atoms with Crippen LogP contribution in [0.2, 0.25) is 0 Å². The molecule has 1 aliphatic rings. The molecule has 1 saturated heterocycles. The van der Waals surface area contributed by atoms with E-state index in [1.165, 1.54) is 6.42 Å². The van der Waals surface area contributed by atoms with E-state index in [0.29, 0.717) is 39.9 Å². The van der Waals surface area contributed by atoms with Crippen molar-refractivity contribution in [1.82, 2.24) is 43.5 Å². The van der Waals surface area contributed by atoms with Crippen LogP contribution in [-0.4, -0.2) is 80.6 Å². The van der Waals surface area contributed by atoms with E-state index < -0.39 is 0 Å². The fourth-order valence-corrected chi connectivity index (χ4v) is 11.4. The molecule has 3 aromatic carbocycles. The highest BCUT2D eigenvalue weighted by Gasteiger charge is 2.25. The van der Waals surface area contributed by atoms with Crippen molar-refractivity contribution >= 4 is 131 Å². The van der Waals surface area contributed by atoms with Gasteiger partial charge in [-0.15, -0.1) is 11.6 Å². The lowest BCUT2D eigenvalue weighted by molar-refractivity contribution is 0.0916. The standard InChI is InChI=1S/C22H21BrN4O.C17H11BrClN3O.C15H10BrN3.C8H7BrN2/c1-15-21(20(28)14-26-9-3-2-4-10-26)22-19(11-17(23)13-25-22)27(15)18-7-5-16(12-24)6-8-18;1-10-16(15(23)7-19)17-14(6-12(18)9-21-17)22(10)13-4-2-11(8-20)3-5-13;1-10-6-14-15(7-12(16)9-18-14)19(10)13-4-2-11(8-17)3-5-13;1-5-2-7-8(11-5)3-6(9)4-10-7/h5-8,11,13H,2-4,9-10,14H2,1H3;2-6,9H,7H2,1H3;2-7,9H,1H3;2-4,11H,1H3. The molecule has 1 N–H and O–H groups in total. The number of piperidine rings is 1. The van der Waals surface area contributed by atoms with Gasteiger partial charge < -0.3 is 18.7 Å². The lowest BCUT2D eigenvalue weighted by atomic mass is 10.1. The maximum atomic E-state index is 13.2. The summed E-state index contributed by atoms with van der Waals surface area (Å²) in [7, 11) is 0. The Morgan fingerprint density at radius 1 is 0.531 bits per heavy atom. The number of pyridine rings is 4. The van der Waals surface area contributed by atoms with Crippen molar-refractivity contribution in [3.8, 4) is 35.3 Å². The quantitative estimate of drug-likeness (QED) is 0.113. The zero-order chi connectivity index (χ0) is 57.5. The predicted molar refractivity (Wildman–Crippen MR) is 333 cm³/mol. The van der Waals surface area contributed by atoms with Gasteiger partial charge in [0.25, 0.3) is 0 Å². The van der Waals surface area contributed by atoms with Gasteiger partial charge in [0.2, 0.25) is 0 Å². The number of nitrogens with one attached hydrogen (secondary N) is 1. The highest BCUT2D eigenvalue weighted by atomic mass is 79.9. The SMILES string of the molecule is Cc1c(C(=O)CCl)c2ncc(Br)cc2n1-c1ccc(C#N)cc1.Cc1c(C(=O)CN2CCCCC2)c2ncc(Br)cc2n1-c1ccc(C#N)cc1.Cc1cc2ncc(Br)cc2[nH]1.Cc1cc2ncc(Br)cc2n1-c1ccc(C#N)cc1. The number of fused-ring (bicyclic) bond motifs is 4. The summed E-state index contributed by atoms with van der Waals surface area (Å²) in [5.74, 6) is -0.131. The summed E-state index contributed by atoms with van der Waals surface area (Å²) < 4.78 is 9.78. The van der Waals surface area contributed by atoms with E-state index in [1.807, 2.05) is 111 Å². The van der Waals surface area contributed by atoms with Crippen LogP contribution in [0.15, 0.2) is 152 Å². The van der Waals surface area contributed by atoms with E-state index in [2.05, 4.69) is 127 Å². The van der Waals surface area contributed by atoms with Crippen molar-refractivity contribution in [2.75, 3.05) is 25.5 Å². The Bertz CT molecular complexity index is 4290. The Morgan fingerprint density at radius 2 is 0.951 bits per heavy atom. The van der Waals surface area contributed by atoms with Crippen molar-refractivity contribution < 1.29 is 9.59 Å². The number of nitrogens with zero attached hydrogens (tertiary/aromatic N) is 11. The molecule has 19 heteroatoms. The van der Waals surface area contributed by atoms with Crippen LogP contribution in [0.25, 0.3) is 61.2 Å². The number of hydrogen-bond acceptors (Lipinski definition) is 10. The molecule has 0 atom stereocenters. The second-order valence-corrected chi connectivity index (χ2v) is 23.1. The summed E-state index contributed by atoms with van der Waals surface area (Å²) in [5, 5.41) is 26.9. The summed E-state index contributed by atoms with van der Waals surface area (Å²) in [6.45, 7) is 10.3. The van der Waals surface area contributed by atoms with E-state index in [0.717, 1.165) is 122 Å². The molecule has 8 aromatic heterocycles. The molecule has 0 spiro atoms. The number of benzene rings is 3. The van der Waals surface area contributed by atoms with E-state index in [-0.39, 0.29) is 17.4 Å². The first-order valence-corrected chi connectivity index (χ1v) is 29.2. The molecule has 0 aliphatic carbocycles. The first-order valence-electron chi connectivity index (χ1n) is 25.5. The van der Waals surface area contributed by atoms with Crippen LogP contribution in [0.1, 0.15) is 79.4 Å². The van der Waals surface area contributed by atoms with Crippen molar-refractivity contribution in [2.45, 2.75) is 47.0 Å². The Balaban J connectivity index is 0.000000136. The van der Waals surface area contributed by atoms with E-state index in [9.17, 15) is 9.59 Å². The number of nitriles is 3. The van der Waals surface area contributed by atoms with Gasteiger partial charge in [-0.25, -0.2) is 0 Å². The zero-order valence-corrected chi connectivity index (χ0v) is 51.4. The average molecular weight is 1350 g/mol. The monoisotopic (exact) mass is 1340 g/mol. The van der Waals surface area contributed by atoms with Crippen LogP contribution < -0.4 is 0 Å². The molecule has 9 heterocycles. The minimum absolute atomic E-state index is 0.0922. The number of carbonyl (C=O) groups is 2. The Labute approximate surface area is 506 Å². The summed E-state index contributed by atoms with van der Waals surface area (Å²) >= 11 is 19.5. The molecule has 0 unspecified atom stereocenters. The van der Waals surface area contributed by atoms with Gasteiger partial charge in [0, 0.05) is 82.5 Å². The number of carbonyl (C=O) groups excluding carboxylic acids is 2. The molecule has 1 aliphatic heterocycles. The van der Waals surface area contributed by atoms with Gasteiger partial charge in [0.05, 0.1) is 103 Å². The molecule has 14 nitrogen and oxygen atoms in total. The van der Waals surface area contributed by atoms with Gasteiger partial charge in [-0.1, -0.05) is 6.42 Å². The van der Waals surface area contributed by atoms with Gasteiger partial charge in [-0.05, 0) is 227 Å². The van der Waals surface area contributed by atoms with Crippen LogP contribution in [0.4, 0.5) is 0 Å². The first-order chi connectivity index (χ1) is 39.1. The number of Topliss-reactive ketones (excluding diaryl/α,β-unsaturated/α-hetero) is 2. The molecule has 11 aromatic rings. The minimum Gasteiger partial charge on any atom is -0.357 e. The number of ketones is 2. The number of aryl methyl sites for hydroxylation is 2. The zero-order valence-electron chi connectivity index (χ0n) is 44.3. The molecule has 0 bridgehead atoms. The van der Waals surface area contributed by atoms with Crippen LogP contribution in [0.5, 0.6) is 0 Å². The van der Waals surface area contributed by atoms with Crippen LogP contribution in [0.3, 0.4) is 0 Å². The van der Waals surface area contributed by atoms with Gasteiger partial charge >= 0.3 is 0 Å². The van der Waals surface area contributed by atoms with E-state index >= 15 is 0 Å². The van der Waals surface area contributed by atoms with Gasteiger partial charge in [-0.3, -0.25) is 34.4 Å². The molecular formula is C62H49Br4ClN12O2. The fraction of sp³-hybridized carbons (Fsp3) is 0.177. The number of likely N-dealkylation sites (tertiary alicyclic amines) is 1. The molecule has 12 rings (SSSR count). The fourth-order valence-electron chi connectivity index (χ4n) is 10.0. The van der Waals surface area contributed by atoms with Crippen molar-refractivity contribution in [2.24, 2.45) is 0 Å². The second-order valence-electron chi connectivity index (χ2n) is 19.1. The average Bonchev–Trinajstić information content (AvgIpc) is 4.25. The van der Waals surface area contributed by atoms with Crippen LogP contribution >= 0.6 is 75.3 Å². The molecule has 1 fully saturated rings. The molecule has 0 saturated carbocycles. The largest absolute Gasteiger partial charge is 0.357 e. The lowest BCUT2D eigenvalue weighted by Gasteiger charge is -2.25. The van der Waals surface area contributed by atoms with Crippen molar-refractivity contribution in [3.05, 3.63) is 202 Å². The molecular weight excluding hydrogens is 1300 g/mol. The summed E-state index contributed by atoms with van der Waals surface area (Å²) in [6, 6.07) is 40.6. The van der Waals surface area contributed by atoms with E-state index in [1.54, 1.807) is 49.1 Å². The lowest BCUT2D eigenvalue weighted by Crippen LogP contribution is -2.34. The van der Waals surface area contributed by atoms with E-state index in [4.69, 9.17) is 27.4 Å². The normalized spacial score (nSPS) is 12.1. The number of aromatic nitrogens is 8. The van der Waals surface area contributed by atoms with Gasteiger partial charge in [-0.2, -0.15) is 15.8 Å². The topological polar surface area (TPSA) is 191 Å². The highest BCUT2D eigenvalue weighted by molar-refractivity contribution is 9.11. The third-order valence-corrected chi connectivity index (χ3v) is 15.6. The third-order valence-electron chi connectivity index (χ3n) is 13.7. The number of halogens is 5. The minimum atomic E-state index is -0.156. The van der Waals surface area contributed by atoms with Crippen LogP contribution in [-0.2, 0) is 0 Å². The first kappa shape index (κ1) is 58.1. The molecule has 0 radical (unpaired) electrons. The number of rotatable bonds is 8. The summed E-state index contributed by atoms with van der Waals surface area (Å²) in [6.07, 6.45) is 10.6. The molecule has 81 heavy (non-hydrogen) atoms. The predicted octanol–water partition coefficient (Wildman–Crippen LogP) is 15.6. The van der Waals surface area contributed by atoms with Gasteiger partial charge in [0.15, 0.2) is 11.6 Å². The summed E-state index contributed by atoms with van der Waals surface area (Å²) in [5.41, 5.74) is 17.0. The Morgan fingerprint density at radius 3 is 1.42 bits per heavy atom. The number of aromatic amines is 1. The third kappa shape index (κ3) is 13.0.